The van der Waals surface area contributed by atoms with Crippen molar-refractivity contribution in [2.45, 2.75) is 25.3 Å². The molecule has 0 aromatic heterocycles. The molecule has 2 aliphatic heterocycles. The van der Waals surface area contributed by atoms with Crippen molar-refractivity contribution in [1.82, 2.24) is 10.2 Å². The van der Waals surface area contributed by atoms with E-state index in [1.165, 1.54) is 19.1 Å². The molecule has 1 unspecified atom stereocenters. The smallest absolute Gasteiger partial charge is 0.264 e. The van der Waals surface area contributed by atoms with Gasteiger partial charge in [-0.1, -0.05) is 6.07 Å². The largest absolute Gasteiger partial charge is 0.355 e. The highest BCUT2D eigenvalue weighted by Crippen LogP contribution is 2.36. The van der Waals surface area contributed by atoms with E-state index in [4.69, 9.17) is 0 Å². The number of nitrogens with one attached hydrogen (secondary N) is 2. The fraction of sp³-hybridized carbons (Fsp3) is 0.312. The van der Waals surface area contributed by atoms with Crippen LogP contribution < -0.4 is 16.4 Å². The van der Waals surface area contributed by atoms with E-state index in [0.29, 0.717) is 0 Å². The molecule has 5 N–H and O–H groups in total. The predicted molar refractivity (Wildman–Crippen MR) is 84.1 cm³/mol. The molecule has 1 aromatic carbocycles. The molecule has 0 spiro atoms. The van der Waals surface area contributed by atoms with Gasteiger partial charge in [0.2, 0.25) is 11.8 Å². The summed E-state index contributed by atoms with van der Waals surface area (Å²) in [6.45, 7) is 1.23. The maximum atomic E-state index is 13.0. The summed E-state index contributed by atoms with van der Waals surface area (Å²) in [5, 5.41) is 4.70. The maximum absolute atomic E-state index is 13.0. The molecule has 25 heavy (non-hydrogen) atoms. The molecule has 9 nitrogen and oxygen atoms in total. The number of amides is 5. The van der Waals surface area contributed by atoms with Crippen LogP contribution in [0.25, 0.3) is 0 Å². The molecule has 1 saturated heterocycles. The normalized spacial score (nSPS) is 22.7. The number of quaternary nitrogens is 1. The summed E-state index contributed by atoms with van der Waals surface area (Å²) in [6.07, 6.45) is 0.0231. The standard InChI is InChI=1S/C16H16N4O5/c1-8(21)18-10-4-2-3-9-12(10)14(24)20(13(9)23)16(7-17)6-5-11(22)19-15(16)25/h2-4H,5-7,17H2,1H3,(H,18,21)(H,19,22,25)/p+1. The summed E-state index contributed by atoms with van der Waals surface area (Å²) in [5.41, 5.74) is 2.55. The SMILES string of the molecule is CC(=O)Nc1cccc2c1C(=O)N(C1(C[NH3+])CCC(=O)NC1=O)C2=O. The zero-order chi connectivity index (χ0) is 18.4. The molecule has 2 aliphatic rings. The minimum atomic E-state index is -1.52. The van der Waals surface area contributed by atoms with E-state index >= 15 is 0 Å². The second kappa shape index (κ2) is 5.78. The number of imide groups is 2. The minimum Gasteiger partial charge on any atom is -0.355 e. The van der Waals surface area contributed by atoms with Crippen molar-refractivity contribution >= 4 is 35.2 Å². The van der Waals surface area contributed by atoms with E-state index in [2.05, 4.69) is 16.4 Å². The molecular formula is C16H17N4O5+. The van der Waals surface area contributed by atoms with Gasteiger partial charge in [-0.25, -0.2) is 0 Å². The Morgan fingerprint density at radius 2 is 2.00 bits per heavy atom. The van der Waals surface area contributed by atoms with Crippen molar-refractivity contribution < 1.29 is 29.7 Å². The Kier molecular flexibility index (Phi) is 3.88. The van der Waals surface area contributed by atoms with Crippen LogP contribution in [0.15, 0.2) is 18.2 Å². The highest BCUT2D eigenvalue weighted by molar-refractivity contribution is 6.26. The van der Waals surface area contributed by atoms with Crippen LogP contribution in [0.4, 0.5) is 5.69 Å². The Bertz CT molecular complexity index is 834. The number of hydrogen-bond acceptors (Lipinski definition) is 5. The topological polar surface area (TPSA) is 140 Å². The Morgan fingerprint density at radius 3 is 2.60 bits per heavy atom. The first-order chi connectivity index (χ1) is 11.8. The number of fused-ring (bicyclic) bond motifs is 1. The zero-order valence-electron chi connectivity index (χ0n) is 13.5. The summed E-state index contributed by atoms with van der Waals surface area (Å²) in [7, 11) is 0. The van der Waals surface area contributed by atoms with Crippen LogP contribution in [0, 0.1) is 0 Å². The highest BCUT2D eigenvalue weighted by atomic mass is 16.2. The number of carbonyl (C=O) groups excluding carboxylic acids is 5. The average Bonchev–Trinajstić information content (AvgIpc) is 2.81. The third-order valence-corrected chi connectivity index (χ3v) is 4.51. The van der Waals surface area contributed by atoms with Gasteiger partial charge in [-0.15, -0.1) is 0 Å². The van der Waals surface area contributed by atoms with Crippen LogP contribution in [0.1, 0.15) is 40.5 Å². The third-order valence-electron chi connectivity index (χ3n) is 4.51. The van der Waals surface area contributed by atoms with E-state index < -0.39 is 29.2 Å². The molecule has 9 heteroatoms. The van der Waals surface area contributed by atoms with Gasteiger partial charge in [-0.05, 0) is 18.6 Å². The molecule has 0 saturated carbocycles. The quantitative estimate of drug-likeness (QED) is 0.582. The Morgan fingerprint density at radius 1 is 1.28 bits per heavy atom. The lowest BCUT2D eigenvalue weighted by molar-refractivity contribution is -0.384. The van der Waals surface area contributed by atoms with E-state index in [9.17, 15) is 24.0 Å². The summed E-state index contributed by atoms with van der Waals surface area (Å²) in [6, 6.07) is 4.51. The van der Waals surface area contributed by atoms with Gasteiger partial charge in [0.05, 0.1) is 16.8 Å². The third kappa shape index (κ3) is 2.40. The van der Waals surface area contributed by atoms with Crippen molar-refractivity contribution in [2.24, 2.45) is 0 Å². The van der Waals surface area contributed by atoms with E-state index in [1.54, 1.807) is 6.07 Å². The van der Waals surface area contributed by atoms with Crippen LogP contribution in [-0.4, -0.2) is 46.5 Å². The zero-order valence-corrected chi connectivity index (χ0v) is 13.5. The molecule has 0 bridgehead atoms. The van der Waals surface area contributed by atoms with E-state index in [-0.39, 0.29) is 42.1 Å². The first-order valence-corrected chi connectivity index (χ1v) is 7.75. The number of carbonyl (C=O) groups is 5. The van der Waals surface area contributed by atoms with E-state index in [1.807, 2.05) is 0 Å². The molecule has 5 amide bonds. The van der Waals surface area contributed by atoms with Gasteiger partial charge < -0.3 is 11.1 Å². The number of benzene rings is 1. The van der Waals surface area contributed by atoms with E-state index in [0.717, 1.165) is 4.90 Å². The first kappa shape index (κ1) is 16.8. The predicted octanol–water partition coefficient (Wildman–Crippen LogP) is -1.34. The Labute approximate surface area is 142 Å². The summed E-state index contributed by atoms with van der Waals surface area (Å²) >= 11 is 0. The number of rotatable bonds is 3. The summed E-state index contributed by atoms with van der Waals surface area (Å²) in [4.78, 5) is 62.0. The lowest BCUT2D eigenvalue weighted by atomic mass is 9.87. The van der Waals surface area contributed by atoms with Gasteiger partial charge in [0, 0.05) is 13.3 Å². The number of anilines is 1. The van der Waals surface area contributed by atoms with Crippen molar-refractivity contribution in [3.8, 4) is 0 Å². The van der Waals surface area contributed by atoms with Crippen LogP contribution in [-0.2, 0) is 14.4 Å². The monoisotopic (exact) mass is 345 g/mol. The van der Waals surface area contributed by atoms with Crippen LogP contribution >= 0.6 is 0 Å². The lowest BCUT2D eigenvalue weighted by Crippen LogP contribution is -2.75. The van der Waals surface area contributed by atoms with Crippen molar-refractivity contribution in [1.29, 1.82) is 0 Å². The van der Waals surface area contributed by atoms with Crippen LogP contribution in [0.5, 0.6) is 0 Å². The first-order valence-electron chi connectivity index (χ1n) is 7.75. The van der Waals surface area contributed by atoms with Crippen molar-refractivity contribution in [2.75, 3.05) is 11.9 Å². The van der Waals surface area contributed by atoms with Gasteiger partial charge in [0.1, 0.15) is 6.54 Å². The summed E-state index contributed by atoms with van der Waals surface area (Å²) in [5.74, 6) is -2.88. The Balaban J connectivity index is 2.09. The summed E-state index contributed by atoms with van der Waals surface area (Å²) < 4.78 is 0. The van der Waals surface area contributed by atoms with Crippen molar-refractivity contribution in [3.63, 3.8) is 0 Å². The second-order valence-corrected chi connectivity index (χ2v) is 6.01. The number of piperidine rings is 1. The number of hydrogen-bond donors (Lipinski definition) is 3. The van der Waals surface area contributed by atoms with Gasteiger partial charge in [-0.2, -0.15) is 0 Å². The second-order valence-electron chi connectivity index (χ2n) is 6.01. The fourth-order valence-corrected chi connectivity index (χ4v) is 3.27. The molecule has 0 radical (unpaired) electrons. The molecule has 3 rings (SSSR count). The molecular weight excluding hydrogens is 328 g/mol. The van der Waals surface area contributed by atoms with Gasteiger partial charge in [0.25, 0.3) is 17.7 Å². The number of nitrogens with zero attached hydrogens (tertiary/aromatic N) is 1. The van der Waals surface area contributed by atoms with Crippen molar-refractivity contribution in [3.05, 3.63) is 29.3 Å². The van der Waals surface area contributed by atoms with Gasteiger partial charge in [-0.3, -0.25) is 34.2 Å². The maximum Gasteiger partial charge on any atom is 0.264 e. The average molecular weight is 345 g/mol. The van der Waals surface area contributed by atoms with Crippen LogP contribution in [0.3, 0.4) is 0 Å². The molecule has 1 fully saturated rings. The molecule has 2 heterocycles. The molecule has 130 valence electrons. The molecule has 1 atom stereocenters. The van der Waals surface area contributed by atoms with Crippen LogP contribution in [0.2, 0.25) is 0 Å². The molecule has 0 aliphatic carbocycles. The van der Waals surface area contributed by atoms with Gasteiger partial charge >= 0.3 is 0 Å². The fourth-order valence-electron chi connectivity index (χ4n) is 3.27. The van der Waals surface area contributed by atoms with Gasteiger partial charge in [0.15, 0.2) is 5.54 Å². The minimum absolute atomic E-state index is 0.00716. The Hall–Kier alpha value is -3.07. The molecule has 1 aromatic rings. The highest BCUT2D eigenvalue weighted by Gasteiger charge is 2.56. The lowest BCUT2D eigenvalue weighted by Gasteiger charge is -2.38.